The summed E-state index contributed by atoms with van der Waals surface area (Å²) in [5.41, 5.74) is 3.53. The van der Waals surface area contributed by atoms with E-state index in [1.165, 1.54) is 31.8 Å². The number of rotatable bonds is 9. The first-order chi connectivity index (χ1) is 17.5. The Kier molecular flexibility index (Phi) is 8.60. The zero-order chi connectivity index (χ0) is 25.3. The molecule has 2 aromatic heterocycles. The van der Waals surface area contributed by atoms with Gasteiger partial charge in [-0.2, -0.15) is 0 Å². The fourth-order valence-electron chi connectivity index (χ4n) is 4.19. The third-order valence-corrected chi connectivity index (χ3v) is 6.37. The predicted molar refractivity (Wildman–Crippen MR) is 139 cm³/mol. The van der Waals surface area contributed by atoms with E-state index in [1.54, 1.807) is 13.2 Å². The van der Waals surface area contributed by atoms with Crippen LogP contribution in [0.1, 0.15) is 53.8 Å². The lowest BCUT2D eigenvalue weighted by atomic mass is 10.1. The monoisotopic (exact) mass is 490 g/mol. The van der Waals surface area contributed by atoms with Crippen LogP contribution in [0.15, 0.2) is 47.1 Å². The van der Waals surface area contributed by atoms with Crippen LogP contribution in [0.3, 0.4) is 0 Å². The van der Waals surface area contributed by atoms with Crippen molar-refractivity contribution in [2.45, 2.75) is 52.7 Å². The molecule has 0 saturated carbocycles. The van der Waals surface area contributed by atoms with E-state index in [0.717, 1.165) is 47.1 Å². The summed E-state index contributed by atoms with van der Waals surface area (Å²) in [6.45, 7) is 6.63. The Labute approximate surface area is 212 Å². The van der Waals surface area contributed by atoms with Crippen molar-refractivity contribution in [3.8, 4) is 11.5 Å². The normalized spacial score (nSPS) is 14.0. The van der Waals surface area contributed by atoms with Crippen LogP contribution in [0.25, 0.3) is 6.08 Å². The van der Waals surface area contributed by atoms with Gasteiger partial charge in [-0.05, 0) is 62.1 Å². The zero-order valence-electron chi connectivity index (χ0n) is 21.3. The summed E-state index contributed by atoms with van der Waals surface area (Å²) in [6.07, 6.45) is 10.1. The molecule has 8 heteroatoms. The Hall–Kier alpha value is -3.81. The van der Waals surface area contributed by atoms with Gasteiger partial charge in [0.2, 0.25) is 5.91 Å². The van der Waals surface area contributed by atoms with E-state index < -0.39 is 0 Å². The molecule has 1 amide bonds. The second-order valence-electron chi connectivity index (χ2n) is 8.98. The van der Waals surface area contributed by atoms with Gasteiger partial charge in [0.15, 0.2) is 11.5 Å². The number of aryl methyl sites for hydroxylation is 2. The van der Waals surface area contributed by atoms with E-state index in [9.17, 15) is 4.79 Å². The Morgan fingerprint density at radius 1 is 1.11 bits per heavy atom. The van der Waals surface area contributed by atoms with Gasteiger partial charge in [-0.25, -0.2) is 4.98 Å². The molecule has 0 unspecified atom stereocenters. The molecule has 0 aliphatic carbocycles. The number of nitrogens with zero attached hydrogens (tertiary/aromatic N) is 3. The average molecular weight is 491 g/mol. The molecule has 1 aliphatic rings. The average Bonchev–Trinajstić information content (AvgIpc) is 3.07. The largest absolute Gasteiger partial charge is 0.493 e. The van der Waals surface area contributed by atoms with Crippen molar-refractivity contribution in [2.24, 2.45) is 0 Å². The van der Waals surface area contributed by atoms with Crippen molar-refractivity contribution in [2.75, 3.05) is 25.1 Å². The smallest absolute Gasteiger partial charge is 0.244 e. The van der Waals surface area contributed by atoms with Gasteiger partial charge < -0.3 is 24.2 Å². The van der Waals surface area contributed by atoms with Gasteiger partial charge in [-0.1, -0.05) is 30.1 Å². The fourth-order valence-corrected chi connectivity index (χ4v) is 4.19. The van der Waals surface area contributed by atoms with Crippen molar-refractivity contribution in [1.29, 1.82) is 0 Å². The van der Waals surface area contributed by atoms with Crippen LogP contribution in [-0.2, 0) is 17.9 Å². The van der Waals surface area contributed by atoms with Crippen molar-refractivity contribution >= 4 is 17.8 Å². The van der Waals surface area contributed by atoms with E-state index in [4.69, 9.17) is 14.0 Å². The number of hydrogen-bond donors (Lipinski definition) is 1. The van der Waals surface area contributed by atoms with Gasteiger partial charge >= 0.3 is 0 Å². The molecular formula is C28H34N4O4. The first kappa shape index (κ1) is 25.3. The number of carbonyl (C=O) groups excluding carboxylic acids is 1. The second kappa shape index (κ2) is 12.2. The molecule has 1 saturated heterocycles. The molecule has 1 fully saturated rings. The summed E-state index contributed by atoms with van der Waals surface area (Å²) < 4.78 is 16.6. The standard InChI is InChI=1S/C28H34N4O4/c1-20-24(21(2)36-31-20)19-35-25-11-8-22(16-26(25)34-3)10-13-28(33)30-18-23-9-12-27(29-17-23)32-14-6-4-5-7-15-32/h8-13,16-17H,4-7,14-15,18-19H2,1-3H3,(H,30,33)/b13-10+. The van der Waals surface area contributed by atoms with Gasteiger partial charge in [0.25, 0.3) is 0 Å². The third kappa shape index (κ3) is 6.65. The summed E-state index contributed by atoms with van der Waals surface area (Å²) in [4.78, 5) is 19.3. The molecule has 1 aromatic carbocycles. The van der Waals surface area contributed by atoms with Crippen molar-refractivity contribution in [1.82, 2.24) is 15.5 Å². The highest BCUT2D eigenvalue weighted by atomic mass is 16.5. The highest BCUT2D eigenvalue weighted by Crippen LogP contribution is 2.30. The van der Waals surface area contributed by atoms with Crippen LogP contribution >= 0.6 is 0 Å². The van der Waals surface area contributed by atoms with Crippen LogP contribution in [-0.4, -0.2) is 36.2 Å². The lowest BCUT2D eigenvalue weighted by Gasteiger charge is -2.21. The van der Waals surface area contributed by atoms with E-state index in [2.05, 4.69) is 20.4 Å². The Bertz CT molecular complexity index is 1160. The molecule has 3 heterocycles. The number of hydrogen-bond acceptors (Lipinski definition) is 7. The molecule has 0 bridgehead atoms. The maximum absolute atomic E-state index is 12.4. The molecule has 1 aliphatic heterocycles. The number of nitrogens with one attached hydrogen (secondary N) is 1. The number of anilines is 1. The molecule has 3 aromatic rings. The number of amides is 1. The predicted octanol–water partition coefficient (Wildman–Crippen LogP) is 4.98. The quantitative estimate of drug-likeness (QED) is 0.423. The lowest BCUT2D eigenvalue weighted by Crippen LogP contribution is -2.25. The Morgan fingerprint density at radius 2 is 1.92 bits per heavy atom. The number of ether oxygens (including phenoxy) is 2. The Balaban J connectivity index is 1.29. The minimum atomic E-state index is -0.177. The SMILES string of the molecule is COc1cc(/C=C/C(=O)NCc2ccc(N3CCCCCC3)nc2)ccc1OCc1c(C)noc1C. The second-order valence-corrected chi connectivity index (χ2v) is 8.98. The summed E-state index contributed by atoms with van der Waals surface area (Å²) in [7, 11) is 1.59. The van der Waals surface area contributed by atoms with Crippen LogP contribution in [0, 0.1) is 13.8 Å². The van der Waals surface area contributed by atoms with E-state index in [-0.39, 0.29) is 5.91 Å². The van der Waals surface area contributed by atoms with Crippen LogP contribution in [0.2, 0.25) is 0 Å². The van der Waals surface area contributed by atoms with E-state index in [1.807, 2.05) is 50.4 Å². The molecule has 190 valence electrons. The molecular weight excluding hydrogens is 456 g/mol. The van der Waals surface area contributed by atoms with E-state index in [0.29, 0.717) is 24.7 Å². The van der Waals surface area contributed by atoms with E-state index >= 15 is 0 Å². The molecule has 0 spiro atoms. The van der Waals surface area contributed by atoms with Gasteiger partial charge in [0.1, 0.15) is 18.2 Å². The van der Waals surface area contributed by atoms with Crippen LogP contribution < -0.4 is 19.7 Å². The van der Waals surface area contributed by atoms with Crippen molar-refractivity contribution < 1.29 is 18.8 Å². The first-order valence-electron chi connectivity index (χ1n) is 12.4. The summed E-state index contributed by atoms with van der Waals surface area (Å²) >= 11 is 0. The first-order valence-corrected chi connectivity index (χ1v) is 12.4. The van der Waals surface area contributed by atoms with Crippen LogP contribution in [0.4, 0.5) is 5.82 Å². The zero-order valence-corrected chi connectivity index (χ0v) is 21.3. The molecule has 4 rings (SSSR count). The maximum atomic E-state index is 12.4. The van der Waals surface area contributed by atoms with Gasteiger partial charge in [-0.15, -0.1) is 0 Å². The van der Waals surface area contributed by atoms with Gasteiger partial charge in [-0.3, -0.25) is 4.79 Å². The number of benzene rings is 1. The Morgan fingerprint density at radius 3 is 2.58 bits per heavy atom. The molecule has 36 heavy (non-hydrogen) atoms. The van der Waals surface area contributed by atoms with Crippen LogP contribution in [0.5, 0.6) is 11.5 Å². The molecule has 0 radical (unpaired) electrons. The summed E-state index contributed by atoms with van der Waals surface area (Å²) in [5, 5.41) is 6.86. The highest BCUT2D eigenvalue weighted by Gasteiger charge is 2.13. The molecule has 0 atom stereocenters. The number of pyridine rings is 1. The molecule has 8 nitrogen and oxygen atoms in total. The highest BCUT2D eigenvalue weighted by molar-refractivity contribution is 5.91. The maximum Gasteiger partial charge on any atom is 0.244 e. The number of methoxy groups -OCH3 is 1. The summed E-state index contributed by atoms with van der Waals surface area (Å²) in [6, 6.07) is 9.61. The van der Waals surface area contributed by atoms with Gasteiger partial charge in [0, 0.05) is 31.9 Å². The summed E-state index contributed by atoms with van der Waals surface area (Å²) in [5.74, 6) is 2.76. The fraction of sp³-hybridized carbons (Fsp3) is 0.393. The lowest BCUT2D eigenvalue weighted by molar-refractivity contribution is -0.116. The number of aromatic nitrogens is 2. The molecule has 1 N–H and O–H groups in total. The minimum Gasteiger partial charge on any atom is -0.493 e. The van der Waals surface area contributed by atoms with Crippen molar-refractivity contribution in [3.05, 3.63) is 70.7 Å². The topological polar surface area (TPSA) is 89.7 Å². The minimum absolute atomic E-state index is 0.177. The van der Waals surface area contributed by atoms with Crippen molar-refractivity contribution in [3.63, 3.8) is 0 Å². The number of carbonyl (C=O) groups is 1. The van der Waals surface area contributed by atoms with Gasteiger partial charge in [0.05, 0.1) is 18.4 Å². The third-order valence-electron chi connectivity index (χ3n) is 6.37.